The fourth-order valence-corrected chi connectivity index (χ4v) is 1.52. The van der Waals surface area contributed by atoms with Crippen molar-refractivity contribution >= 4 is 12.1 Å². The summed E-state index contributed by atoms with van der Waals surface area (Å²) in [5.41, 5.74) is -0.807. The first-order chi connectivity index (χ1) is 9.59. The van der Waals surface area contributed by atoms with Gasteiger partial charge in [0.25, 0.3) is 0 Å². The van der Waals surface area contributed by atoms with Gasteiger partial charge in [-0.1, -0.05) is 18.2 Å². The van der Waals surface area contributed by atoms with E-state index in [-0.39, 0.29) is 6.61 Å². The minimum atomic E-state index is -0.716. The number of carbonyl (C=O) groups excluding carboxylic acids is 2. The zero-order chi connectivity index (χ0) is 16.1. The number of hydrogen-bond acceptors (Lipinski definition) is 4. The van der Waals surface area contributed by atoms with Gasteiger partial charge in [-0.2, -0.15) is 0 Å². The Morgan fingerprint density at radius 1 is 1.05 bits per heavy atom. The van der Waals surface area contributed by atoms with Gasteiger partial charge < -0.3 is 14.8 Å². The lowest BCUT2D eigenvalue weighted by Gasteiger charge is -2.28. The highest BCUT2D eigenvalue weighted by Crippen LogP contribution is 2.11. The second-order valence-corrected chi connectivity index (χ2v) is 6.45. The molecule has 0 saturated heterocycles. The van der Waals surface area contributed by atoms with Crippen LogP contribution >= 0.6 is 0 Å². The summed E-state index contributed by atoms with van der Waals surface area (Å²) in [5, 5.41) is 2.68. The average Bonchev–Trinajstić information content (AvgIpc) is 2.34. The maximum atomic E-state index is 11.8. The van der Waals surface area contributed by atoms with Gasteiger partial charge in [0.15, 0.2) is 0 Å². The lowest BCUT2D eigenvalue weighted by atomic mass is 10.1. The fraction of sp³-hybridized carbons (Fsp3) is 0.500. The lowest BCUT2D eigenvalue weighted by Crippen LogP contribution is -2.49. The number of alkyl carbamates (subject to hydrolysis) is 1. The van der Waals surface area contributed by atoms with E-state index in [2.05, 4.69) is 5.32 Å². The van der Waals surface area contributed by atoms with E-state index in [1.54, 1.807) is 58.9 Å². The molecule has 0 heterocycles. The van der Waals surface area contributed by atoms with Crippen molar-refractivity contribution in [1.29, 1.82) is 0 Å². The Balaban J connectivity index is 2.49. The van der Waals surface area contributed by atoms with Gasteiger partial charge in [0.2, 0.25) is 0 Å². The van der Waals surface area contributed by atoms with Crippen LogP contribution < -0.4 is 5.32 Å². The molecular weight excluding hydrogens is 270 g/mol. The third kappa shape index (κ3) is 6.79. The predicted molar refractivity (Wildman–Crippen MR) is 80.2 cm³/mol. The maximum Gasteiger partial charge on any atom is 0.408 e. The molecular formula is C16H23NO4. The minimum Gasteiger partial charge on any atom is -0.460 e. The van der Waals surface area contributed by atoms with Crippen molar-refractivity contribution < 1.29 is 19.1 Å². The number of esters is 1. The Morgan fingerprint density at radius 2 is 1.62 bits per heavy atom. The Kier molecular flexibility index (Phi) is 5.35. The van der Waals surface area contributed by atoms with Crippen LogP contribution in [0.3, 0.4) is 0 Å². The van der Waals surface area contributed by atoms with Crippen molar-refractivity contribution in [3.8, 4) is 0 Å². The molecule has 0 atom stereocenters. The van der Waals surface area contributed by atoms with Gasteiger partial charge in [-0.3, -0.25) is 0 Å². The zero-order valence-corrected chi connectivity index (χ0v) is 13.2. The van der Waals surface area contributed by atoms with Crippen LogP contribution in [-0.2, 0) is 9.47 Å². The van der Waals surface area contributed by atoms with Gasteiger partial charge in [0, 0.05) is 0 Å². The van der Waals surface area contributed by atoms with Crippen molar-refractivity contribution in [2.45, 2.75) is 45.8 Å². The molecule has 116 valence electrons. The largest absolute Gasteiger partial charge is 0.460 e. The summed E-state index contributed by atoms with van der Waals surface area (Å²) in [6.45, 7) is 8.93. The van der Waals surface area contributed by atoms with Crippen LogP contribution in [0.2, 0.25) is 0 Å². The number of amides is 1. The first-order valence-electron chi connectivity index (χ1n) is 6.82. The van der Waals surface area contributed by atoms with Gasteiger partial charge >= 0.3 is 12.1 Å². The second-order valence-electron chi connectivity index (χ2n) is 6.45. The number of rotatable bonds is 4. The molecule has 0 fully saturated rings. The van der Waals surface area contributed by atoms with E-state index in [1.807, 2.05) is 6.07 Å². The number of carbonyl (C=O) groups is 2. The first-order valence-corrected chi connectivity index (χ1v) is 6.82. The molecule has 0 radical (unpaired) electrons. The molecule has 1 amide bonds. The van der Waals surface area contributed by atoms with E-state index >= 15 is 0 Å². The summed E-state index contributed by atoms with van der Waals surface area (Å²) in [6.07, 6.45) is -0.539. The van der Waals surface area contributed by atoms with Crippen LogP contribution in [0.1, 0.15) is 45.0 Å². The van der Waals surface area contributed by atoms with Crippen LogP contribution in [0.4, 0.5) is 4.79 Å². The SMILES string of the molecule is CC(C)(COC(=O)c1ccccc1)NC(=O)OC(C)(C)C. The normalized spacial score (nSPS) is 11.7. The number of benzene rings is 1. The molecule has 0 bridgehead atoms. The van der Waals surface area contributed by atoms with Crippen molar-refractivity contribution in [2.24, 2.45) is 0 Å². The summed E-state index contributed by atoms with van der Waals surface area (Å²) in [5.74, 6) is -0.422. The smallest absolute Gasteiger partial charge is 0.408 e. The molecule has 0 saturated carbocycles. The van der Waals surface area contributed by atoms with E-state index in [4.69, 9.17) is 9.47 Å². The molecule has 1 rings (SSSR count). The Labute approximate surface area is 125 Å². The number of nitrogens with one attached hydrogen (secondary N) is 1. The first kappa shape index (κ1) is 17.0. The predicted octanol–water partition coefficient (Wildman–Crippen LogP) is 3.15. The Morgan fingerprint density at radius 3 is 2.14 bits per heavy atom. The highest BCUT2D eigenvalue weighted by Gasteiger charge is 2.26. The molecule has 1 aromatic rings. The molecule has 0 aliphatic rings. The van der Waals surface area contributed by atoms with Gasteiger partial charge in [0.1, 0.15) is 12.2 Å². The average molecular weight is 293 g/mol. The van der Waals surface area contributed by atoms with Gasteiger partial charge in [-0.05, 0) is 46.8 Å². The Bertz CT molecular complexity index is 489. The van der Waals surface area contributed by atoms with Crippen molar-refractivity contribution in [2.75, 3.05) is 6.61 Å². The molecule has 21 heavy (non-hydrogen) atoms. The molecule has 0 unspecified atom stereocenters. The molecule has 0 spiro atoms. The monoisotopic (exact) mass is 293 g/mol. The lowest BCUT2D eigenvalue weighted by molar-refractivity contribution is 0.0285. The third-order valence-electron chi connectivity index (χ3n) is 2.41. The summed E-state index contributed by atoms with van der Waals surface area (Å²) >= 11 is 0. The molecule has 5 nitrogen and oxygen atoms in total. The quantitative estimate of drug-likeness (QED) is 0.866. The fourth-order valence-electron chi connectivity index (χ4n) is 1.52. The van der Waals surface area contributed by atoms with Gasteiger partial charge in [-0.25, -0.2) is 9.59 Å². The standard InChI is InChI=1S/C16H23NO4/c1-15(2,3)21-14(19)17-16(4,5)11-20-13(18)12-9-7-6-8-10-12/h6-10H,11H2,1-5H3,(H,17,19). The van der Waals surface area contributed by atoms with Crippen LogP contribution in [0.25, 0.3) is 0 Å². The highest BCUT2D eigenvalue weighted by molar-refractivity contribution is 5.89. The van der Waals surface area contributed by atoms with Crippen molar-refractivity contribution in [3.05, 3.63) is 35.9 Å². The van der Waals surface area contributed by atoms with Crippen LogP contribution in [0.15, 0.2) is 30.3 Å². The van der Waals surface area contributed by atoms with E-state index in [9.17, 15) is 9.59 Å². The zero-order valence-electron chi connectivity index (χ0n) is 13.2. The minimum absolute atomic E-state index is 0.0555. The maximum absolute atomic E-state index is 11.8. The third-order valence-corrected chi connectivity index (χ3v) is 2.41. The highest BCUT2D eigenvalue weighted by atomic mass is 16.6. The molecule has 5 heteroatoms. The molecule has 1 aromatic carbocycles. The molecule has 1 N–H and O–H groups in total. The number of ether oxygens (including phenoxy) is 2. The molecule has 0 aromatic heterocycles. The van der Waals surface area contributed by atoms with E-state index in [0.29, 0.717) is 5.56 Å². The van der Waals surface area contributed by atoms with Gasteiger partial charge in [-0.15, -0.1) is 0 Å². The molecule has 0 aliphatic heterocycles. The summed E-state index contributed by atoms with van der Waals surface area (Å²) in [7, 11) is 0. The summed E-state index contributed by atoms with van der Waals surface area (Å²) < 4.78 is 10.4. The van der Waals surface area contributed by atoms with E-state index in [1.165, 1.54) is 0 Å². The second kappa shape index (κ2) is 6.61. The van der Waals surface area contributed by atoms with Gasteiger partial charge in [0.05, 0.1) is 11.1 Å². The van der Waals surface area contributed by atoms with Crippen molar-refractivity contribution in [1.82, 2.24) is 5.32 Å². The number of hydrogen-bond donors (Lipinski definition) is 1. The molecule has 0 aliphatic carbocycles. The van der Waals surface area contributed by atoms with E-state index < -0.39 is 23.2 Å². The topological polar surface area (TPSA) is 64.6 Å². The summed E-state index contributed by atoms with van der Waals surface area (Å²) in [4.78, 5) is 23.6. The van der Waals surface area contributed by atoms with Crippen molar-refractivity contribution in [3.63, 3.8) is 0 Å². The van der Waals surface area contributed by atoms with E-state index in [0.717, 1.165) is 0 Å². The summed E-state index contributed by atoms with van der Waals surface area (Å²) in [6, 6.07) is 8.71. The Hall–Kier alpha value is -2.04. The van der Waals surface area contributed by atoms with Crippen LogP contribution in [0, 0.1) is 0 Å². The van der Waals surface area contributed by atoms with Crippen LogP contribution in [-0.4, -0.2) is 29.8 Å². The van der Waals surface area contributed by atoms with Crippen LogP contribution in [0.5, 0.6) is 0 Å².